The van der Waals surface area contributed by atoms with Gasteiger partial charge in [0.1, 0.15) is 0 Å². The van der Waals surface area contributed by atoms with Gasteiger partial charge in [0.25, 0.3) is 0 Å². The highest BCUT2D eigenvalue weighted by molar-refractivity contribution is 5.80. The summed E-state index contributed by atoms with van der Waals surface area (Å²) in [4.78, 5) is 26.2. The second kappa shape index (κ2) is 5.43. The molecule has 1 amide bonds. The van der Waals surface area contributed by atoms with Crippen molar-refractivity contribution in [3.8, 4) is 0 Å². The minimum atomic E-state index is -0.934. The zero-order valence-corrected chi connectivity index (χ0v) is 9.93. The summed E-state index contributed by atoms with van der Waals surface area (Å²) in [6, 6.07) is 3.56. The van der Waals surface area contributed by atoms with Gasteiger partial charge < -0.3 is 10.4 Å². The zero-order chi connectivity index (χ0) is 12.9. The van der Waals surface area contributed by atoms with Crippen LogP contribution in [0.4, 0.5) is 0 Å². The van der Waals surface area contributed by atoms with E-state index in [1.54, 1.807) is 38.4 Å². The fourth-order valence-corrected chi connectivity index (χ4v) is 1.53. The molecule has 0 radical (unpaired) electrons. The summed E-state index contributed by atoms with van der Waals surface area (Å²) < 4.78 is 0. The quantitative estimate of drug-likeness (QED) is 0.799. The van der Waals surface area contributed by atoms with E-state index in [1.807, 2.05) is 0 Å². The first-order valence-electron chi connectivity index (χ1n) is 5.31. The third-order valence-corrected chi connectivity index (χ3v) is 2.16. The Bertz CT molecular complexity index is 401. The SMILES string of the molecule is CC(C)(CC(=O)O)NC(=O)Cc1cccnc1. The molecule has 92 valence electrons. The topological polar surface area (TPSA) is 79.3 Å². The molecule has 0 bridgehead atoms. The predicted molar refractivity (Wildman–Crippen MR) is 62.4 cm³/mol. The van der Waals surface area contributed by atoms with Gasteiger partial charge in [0, 0.05) is 17.9 Å². The van der Waals surface area contributed by atoms with Gasteiger partial charge in [0.15, 0.2) is 0 Å². The summed E-state index contributed by atoms with van der Waals surface area (Å²) >= 11 is 0. The fourth-order valence-electron chi connectivity index (χ4n) is 1.53. The number of carboxylic acid groups (broad SMARTS) is 1. The molecule has 1 rings (SSSR count). The van der Waals surface area contributed by atoms with Crippen molar-refractivity contribution < 1.29 is 14.7 Å². The number of hydrogen-bond acceptors (Lipinski definition) is 3. The number of carbonyl (C=O) groups is 2. The van der Waals surface area contributed by atoms with Gasteiger partial charge in [-0.1, -0.05) is 6.07 Å². The van der Waals surface area contributed by atoms with Crippen LogP contribution in [0.3, 0.4) is 0 Å². The number of nitrogens with zero attached hydrogens (tertiary/aromatic N) is 1. The molecule has 0 aromatic carbocycles. The third-order valence-electron chi connectivity index (χ3n) is 2.16. The van der Waals surface area contributed by atoms with Gasteiger partial charge in [-0.2, -0.15) is 0 Å². The van der Waals surface area contributed by atoms with Gasteiger partial charge in [-0.25, -0.2) is 0 Å². The minimum absolute atomic E-state index is 0.105. The largest absolute Gasteiger partial charge is 0.481 e. The van der Waals surface area contributed by atoms with E-state index >= 15 is 0 Å². The Morgan fingerprint density at radius 1 is 1.47 bits per heavy atom. The molecular weight excluding hydrogens is 220 g/mol. The molecule has 1 aromatic heterocycles. The molecule has 0 saturated heterocycles. The van der Waals surface area contributed by atoms with Crippen molar-refractivity contribution in [2.45, 2.75) is 32.2 Å². The molecule has 5 nitrogen and oxygen atoms in total. The smallest absolute Gasteiger partial charge is 0.305 e. The summed E-state index contributed by atoms with van der Waals surface area (Å²) in [5, 5.41) is 11.4. The molecule has 17 heavy (non-hydrogen) atoms. The molecule has 5 heteroatoms. The van der Waals surface area contributed by atoms with E-state index in [2.05, 4.69) is 10.3 Å². The van der Waals surface area contributed by atoms with Gasteiger partial charge in [0.2, 0.25) is 5.91 Å². The van der Waals surface area contributed by atoms with Crippen molar-refractivity contribution in [1.29, 1.82) is 0 Å². The average Bonchev–Trinajstić information content (AvgIpc) is 2.15. The van der Waals surface area contributed by atoms with Crippen LogP contribution in [0.5, 0.6) is 0 Å². The Balaban J connectivity index is 2.52. The van der Waals surface area contributed by atoms with Crippen molar-refractivity contribution in [1.82, 2.24) is 10.3 Å². The first-order valence-corrected chi connectivity index (χ1v) is 5.31. The van der Waals surface area contributed by atoms with Crippen LogP contribution in [-0.4, -0.2) is 27.5 Å². The highest BCUT2D eigenvalue weighted by Crippen LogP contribution is 2.08. The lowest BCUT2D eigenvalue weighted by atomic mass is 10.0. The highest BCUT2D eigenvalue weighted by atomic mass is 16.4. The molecular formula is C12H16N2O3. The maximum Gasteiger partial charge on any atom is 0.305 e. The van der Waals surface area contributed by atoms with E-state index in [0.29, 0.717) is 0 Å². The third kappa shape index (κ3) is 5.10. The summed E-state index contributed by atoms with van der Waals surface area (Å²) in [7, 11) is 0. The maximum atomic E-state index is 11.7. The number of nitrogens with one attached hydrogen (secondary N) is 1. The standard InChI is InChI=1S/C12H16N2O3/c1-12(2,7-11(16)17)14-10(15)6-9-4-3-5-13-8-9/h3-5,8H,6-7H2,1-2H3,(H,14,15)(H,16,17). The van der Waals surface area contributed by atoms with E-state index in [0.717, 1.165) is 5.56 Å². The Hall–Kier alpha value is -1.91. The second-order valence-corrected chi connectivity index (χ2v) is 4.54. The Kier molecular flexibility index (Phi) is 4.20. The number of pyridine rings is 1. The van der Waals surface area contributed by atoms with E-state index in [1.165, 1.54) is 0 Å². The number of amides is 1. The van der Waals surface area contributed by atoms with E-state index in [4.69, 9.17) is 5.11 Å². The summed E-state index contributed by atoms with van der Waals surface area (Å²) in [6.07, 6.45) is 3.35. The predicted octanol–water partition coefficient (Wildman–Crippen LogP) is 0.994. The summed E-state index contributed by atoms with van der Waals surface area (Å²) in [5.74, 6) is -1.14. The van der Waals surface area contributed by atoms with Crippen LogP contribution in [-0.2, 0) is 16.0 Å². The van der Waals surface area contributed by atoms with Crippen molar-refractivity contribution in [3.05, 3.63) is 30.1 Å². The second-order valence-electron chi connectivity index (χ2n) is 4.54. The van der Waals surface area contributed by atoms with Crippen LogP contribution < -0.4 is 5.32 Å². The van der Waals surface area contributed by atoms with Crippen molar-refractivity contribution in [3.63, 3.8) is 0 Å². The first kappa shape index (κ1) is 13.2. The molecule has 0 aliphatic rings. The molecule has 0 unspecified atom stereocenters. The summed E-state index contributed by atoms with van der Waals surface area (Å²) in [6.45, 7) is 3.37. The fraction of sp³-hybridized carbons (Fsp3) is 0.417. The lowest BCUT2D eigenvalue weighted by Crippen LogP contribution is -2.45. The highest BCUT2D eigenvalue weighted by Gasteiger charge is 2.23. The maximum absolute atomic E-state index is 11.7. The van der Waals surface area contributed by atoms with Crippen LogP contribution >= 0.6 is 0 Å². The molecule has 0 aliphatic heterocycles. The van der Waals surface area contributed by atoms with E-state index < -0.39 is 11.5 Å². The number of carbonyl (C=O) groups excluding carboxylic acids is 1. The minimum Gasteiger partial charge on any atom is -0.481 e. The van der Waals surface area contributed by atoms with Gasteiger partial charge in [-0.15, -0.1) is 0 Å². The lowest BCUT2D eigenvalue weighted by Gasteiger charge is -2.24. The van der Waals surface area contributed by atoms with Crippen molar-refractivity contribution >= 4 is 11.9 Å². The van der Waals surface area contributed by atoms with E-state index in [9.17, 15) is 9.59 Å². The van der Waals surface area contributed by atoms with Crippen molar-refractivity contribution in [2.24, 2.45) is 0 Å². The molecule has 0 aliphatic carbocycles. The number of carboxylic acids is 1. The monoisotopic (exact) mass is 236 g/mol. The van der Waals surface area contributed by atoms with Gasteiger partial charge in [-0.3, -0.25) is 14.6 Å². The van der Waals surface area contributed by atoms with Gasteiger partial charge >= 0.3 is 5.97 Å². The van der Waals surface area contributed by atoms with Crippen LogP contribution in [0, 0.1) is 0 Å². The molecule has 0 saturated carbocycles. The number of rotatable bonds is 5. The Morgan fingerprint density at radius 2 is 2.18 bits per heavy atom. The van der Waals surface area contributed by atoms with Gasteiger partial charge in [-0.05, 0) is 25.5 Å². The molecule has 2 N–H and O–H groups in total. The molecule has 0 fully saturated rings. The van der Waals surface area contributed by atoms with Crippen LogP contribution in [0.25, 0.3) is 0 Å². The molecule has 1 heterocycles. The average molecular weight is 236 g/mol. The van der Waals surface area contributed by atoms with Crippen LogP contribution in [0.1, 0.15) is 25.8 Å². The lowest BCUT2D eigenvalue weighted by molar-refractivity contribution is -0.138. The molecule has 0 spiro atoms. The molecule has 0 atom stereocenters. The number of aliphatic carboxylic acids is 1. The van der Waals surface area contributed by atoms with E-state index in [-0.39, 0.29) is 18.7 Å². The zero-order valence-electron chi connectivity index (χ0n) is 9.93. The van der Waals surface area contributed by atoms with Crippen LogP contribution in [0.2, 0.25) is 0 Å². The van der Waals surface area contributed by atoms with Crippen LogP contribution in [0.15, 0.2) is 24.5 Å². The van der Waals surface area contributed by atoms with Gasteiger partial charge in [0.05, 0.1) is 12.8 Å². The Labute approximate surface area is 99.9 Å². The molecule has 1 aromatic rings. The van der Waals surface area contributed by atoms with Crippen molar-refractivity contribution in [2.75, 3.05) is 0 Å². The Morgan fingerprint density at radius 3 is 2.71 bits per heavy atom. The number of hydrogen-bond donors (Lipinski definition) is 2. The first-order chi connectivity index (χ1) is 7.89. The summed E-state index contributed by atoms with van der Waals surface area (Å²) in [5.41, 5.74) is 0.0571. The number of aromatic nitrogens is 1. The normalized spacial score (nSPS) is 10.9.